The van der Waals surface area contributed by atoms with Crippen LogP contribution in [0.1, 0.15) is 44.0 Å². The first-order valence-corrected chi connectivity index (χ1v) is 8.11. The first-order valence-electron chi connectivity index (χ1n) is 8.11. The minimum absolute atomic E-state index is 0.387. The van der Waals surface area contributed by atoms with E-state index in [2.05, 4.69) is 4.74 Å². The fourth-order valence-electron chi connectivity index (χ4n) is 3.44. The molecule has 0 bridgehead atoms. The first kappa shape index (κ1) is 16.6. The summed E-state index contributed by atoms with van der Waals surface area (Å²) in [5, 5.41) is 0. The number of halogens is 3. The predicted octanol–water partition coefficient (Wildman–Crippen LogP) is 4.67. The van der Waals surface area contributed by atoms with Gasteiger partial charge in [0.1, 0.15) is 0 Å². The molecule has 128 valence electrons. The lowest BCUT2D eigenvalue weighted by molar-refractivity contribution is -0.214. The maximum Gasteiger partial charge on any atom is 0.387 e. The zero-order valence-electron chi connectivity index (χ0n) is 12.8. The fourth-order valence-corrected chi connectivity index (χ4v) is 3.44. The van der Waals surface area contributed by atoms with Crippen LogP contribution in [0.15, 0.2) is 18.2 Å². The summed E-state index contributed by atoms with van der Waals surface area (Å²) in [6, 6.07) is 3.80. The molecule has 0 unspecified atom stereocenters. The SMILES string of the molecule is Fc1cc(C2OCC(C3CCCCC3)CO2)ccc1OC(F)F. The minimum atomic E-state index is -3.05. The third-order valence-corrected chi connectivity index (χ3v) is 4.68. The minimum Gasteiger partial charge on any atom is -0.432 e. The van der Waals surface area contributed by atoms with Crippen LogP contribution in [0, 0.1) is 17.7 Å². The summed E-state index contributed by atoms with van der Waals surface area (Å²) in [6.45, 7) is -1.87. The maximum absolute atomic E-state index is 13.8. The highest BCUT2D eigenvalue weighted by atomic mass is 19.3. The lowest BCUT2D eigenvalue weighted by atomic mass is 9.80. The molecule has 23 heavy (non-hydrogen) atoms. The molecular formula is C17H21F3O3. The van der Waals surface area contributed by atoms with Gasteiger partial charge in [-0.15, -0.1) is 0 Å². The molecule has 2 fully saturated rings. The predicted molar refractivity (Wildman–Crippen MR) is 77.7 cm³/mol. The van der Waals surface area contributed by atoms with Crippen LogP contribution < -0.4 is 4.74 Å². The number of alkyl halides is 2. The van der Waals surface area contributed by atoms with E-state index in [1.165, 1.54) is 44.2 Å². The Morgan fingerprint density at radius 3 is 2.30 bits per heavy atom. The molecule has 0 N–H and O–H groups in total. The van der Waals surface area contributed by atoms with Crippen molar-refractivity contribution in [1.82, 2.24) is 0 Å². The molecule has 1 aliphatic heterocycles. The highest BCUT2D eigenvalue weighted by molar-refractivity contribution is 5.30. The first-order chi connectivity index (χ1) is 11.1. The molecule has 2 aliphatic rings. The van der Waals surface area contributed by atoms with Crippen molar-refractivity contribution in [2.75, 3.05) is 13.2 Å². The van der Waals surface area contributed by atoms with Crippen LogP contribution >= 0.6 is 0 Å². The van der Waals surface area contributed by atoms with Crippen LogP contribution in [-0.4, -0.2) is 19.8 Å². The molecule has 3 rings (SSSR count). The van der Waals surface area contributed by atoms with Crippen molar-refractivity contribution >= 4 is 0 Å². The van der Waals surface area contributed by atoms with Crippen molar-refractivity contribution in [2.45, 2.75) is 45.0 Å². The smallest absolute Gasteiger partial charge is 0.387 e. The second-order valence-corrected chi connectivity index (χ2v) is 6.23. The Labute approximate surface area is 133 Å². The molecule has 0 amide bonds. The summed E-state index contributed by atoms with van der Waals surface area (Å²) in [5.74, 6) is -0.287. The second-order valence-electron chi connectivity index (χ2n) is 6.23. The third kappa shape index (κ3) is 4.18. The Morgan fingerprint density at radius 1 is 1.00 bits per heavy atom. The van der Waals surface area contributed by atoms with E-state index >= 15 is 0 Å². The number of benzene rings is 1. The number of rotatable bonds is 4. The molecule has 0 radical (unpaired) electrons. The summed E-state index contributed by atoms with van der Waals surface area (Å²) < 4.78 is 53.6. The monoisotopic (exact) mass is 330 g/mol. The quantitative estimate of drug-likeness (QED) is 0.803. The largest absolute Gasteiger partial charge is 0.432 e. The number of hydrogen-bond acceptors (Lipinski definition) is 3. The van der Waals surface area contributed by atoms with Crippen molar-refractivity contribution in [3.63, 3.8) is 0 Å². The number of ether oxygens (including phenoxy) is 3. The van der Waals surface area contributed by atoms with E-state index in [0.717, 1.165) is 6.07 Å². The van der Waals surface area contributed by atoms with Crippen LogP contribution in [0.2, 0.25) is 0 Å². The molecule has 3 nitrogen and oxygen atoms in total. The lowest BCUT2D eigenvalue weighted by Gasteiger charge is -2.36. The molecule has 1 aromatic carbocycles. The molecule has 1 saturated carbocycles. The zero-order chi connectivity index (χ0) is 16.2. The lowest BCUT2D eigenvalue weighted by Crippen LogP contribution is -2.33. The molecule has 6 heteroatoms. The molecule has 1 heterocycles. The highest BCUT2D eigenvalue weighted by Gasteiger charge is 2.30. The van der Waals surface area contributed by atoms with Gasteiger partial charge in [-0.2, -0.15) is 8.78 Å². The summed E-state index contributed by atoms with van der Waals surface area (Å²) >= 11 is 0. The second kappa shape index (κ2) is 7.53. The summed E-state index contributed by atoms with van der Waals surface area (Å²) in [6.07, 6.45) is 5.62. The van der Waals surface area contributed by atoms with Crippen molar-refractivity contribution in [3.05, 3.63) is 29.6 Å². The van der Waals surface area contributed by atoms with Crippen LogP contribution in [0.4, 0.5) is 13.2 Å². The van der Waals surface area contributed by atoms with E-state index in [0.29, 0.717) is 30.6 Å². The van der Waals surface area contributed by atoms with E-state index in [1.54, 1.807) is 0 Å². The van der Waals surface area contributed by atoms with Gasteiger partial charge >= 0.3 is 6.61 Å². The summed E-state index contributed by atoms with van der Waals surface area (Å²) in [5.41, 5.74) is 0.478. The number of hydrogen-bond donors (Lipinski definition) is 0. The summed E-state index contributed by atoms with van der Waals surface area (Å²) in [7, 11) is 0. The van der Waals surface area contributed by atoms with Gasteiger partial charge in [0.25, 0.3) is 0 Å². The van der Waals surface area contributed by atoms with Gasteiger partial charge in [-0.25, -0.2) is 4.39 Å². The Kier molecular flexibility index (Phi) is 5.43. The van der Waals surface area contributed by atoms with Crippen LogP contribution in [0.3, 0.4) is 0 Å². The van der Waals surface area contributed by atoms with Gasteiger partial charge in [0, 0.05) is 11.5 Å². The normalized spacial score (nSPS) is 26.4. The maximum atomic E-state index is 13.8. The van der Waals surface area contributed by atoms with E-state index in [9.17, 15) is 13.2 Å². The Morgan fingerprint density at radius 2 is 1.70 bits per heavy atom. The van der Waals surface area contributed by atoms with E-state index < -0.39 is 24.5 Å². The molecule has 0 atom stereocenters. The van der Waals surface area contributed by atoms with E-state index in [4.69, 9.17) is 9.47 Å². The Balaban J connectivity index is 1.57. The Hall–Kier alpha value is -1.27. The van der Waals surface area contributed by atoms with Crippen molar-refractivity contribution in [3.8, 4) is 5.75 Å². The summed E-state index contributed by atoms with van der Waals surface area (Å²) in [4.78, 5) is 0. The van der Waals surface area contributed by atoms with Gasteiger partial charge in [0.05, 0.1) is 13.2 Å². The van der Waals surface area contributed by atoms with E-state index in [1.807, 2.05) is 0 Å². The average Bonchev–Trinajstić information content (AvgIpc) is 2.57. The molecule has 0 aromatic heterocycles. The van der Waals surface area contributed by atoms with Crippen molar-refractivity contribution < 1.29 is 27.4 Å². The zero-order valence-corrected chi connectivity index (χ0v) is 12.8. The average molecular weight is 330 g/mol. The van der Waals surface area contributed by atoms with Crippen LogP contribution in [0.25, 0.3) is 0 Å². The topological polar surface area (TPSA) is 27.7 Å². The van der Waals surface area contributed by atoms with Gasteiger partial charge in [-0.3, -0.25) is 0 Å². The van der Waals surface area contributed by atoms with Gasteiger partial charge < -0.3 is 14.2 Å². The van der Waals surface area contributed by atoms with Crippen molar-refractivity contribution in [2.24, 2.45) is 11.8 Å². The third-order valence-electron chi connectivity index (χ3n) is 4.68. The van der Waals surface area contributed by atoms with Gasteiger partial charge in [0.2, 0.25) is 0 Å². The van der Waals surface area contributed by atoms with Gasteiger partial charge in [-0.1, -0.05) is 38.2 Å². The van der Waals surface area contributed by atoms with Crippen LogP contribution in [0.5, 0.6) is 5.75 Å². The van der Waals surface area contributed by atoms with Gasteiger partial charge in [0.15, 0.2) is 17.9 Å². The molecule has 1 saturated heterocycles. The molecule has 1 aromatic rings. The highest BCUT2D eigenvalue weighted by Crippen LogP contribution is 2.35. The van der Waals surface area contributed by atoms with Gasteiger partial charge in [-0.05, 0) is 18.1 Å². The van der Waals surface area contributed by atoms with Crippen LogP contribution in [-0.2, 0) is 9.47 Å². The van der Waals surface area contributed by atoms with E-state index in [-0.39, 0.29) is 0 Å². The standard InChI is InChI=1S/C17H21F3O3/c18-14-8-12(6-7-15(14)23-17(19)20)16-21-9-13(10-22-16)11-4-2-1-3-5-11/h6-8,11,13,16-17H,1-5,9-10H2. The Bertz CT molecular complexity index is 510. The molecular weight excluding hydrogens is 309 g/mol. The van der Waals surface area contributed by atoms with Crippen molar-refractivity contribution in [1.29, 1.82) is 0 Å². The molecule has 0 spiro atoms. The fraction of sp³-hybridized carbons (Fsp3) is 0.647. The molecule has 1 aliphatic carbocycles.